The number of ether oxygens (including phenoxy) is 1. The van der Waals surface area contributed by atoms with Crippen LogP contribution in [0.2, 0.25) is 0 Å². The number of aryl methyl sites for hydroxylation is 1. The van der Waals surface area contributed by atoms with Crippen molar-refractivity contribution < 1.29 is 9.53 Å². The van der Waals surface area contributed by atoms with Gasteiger partial charge in [0.2, 0.25) is 0 Å². The third kappa shape index (κ3) is 2.81. The van der Waals surface area contributed by atoms with Gasteiger partial charge in [0.05, 0.1) is 18.1 Å². The summed E-state index contributed by atoms with van der Waals surface area (Å²) in [5, 5.41) is 0. The molecule has 3 heterocycles. The van der Waals surface area contributed by atoms with Crippen molar-refractivity contribution in [1.29, 1.82) is 0 Å². The molecular formula is C19H21NO2S. The molecule has 1 amide bonds. The summed E-state index contributed by atoms with van der Waals surface area (Å²) in [5.74, 6) is 0.211. The summed E-state index contributed by atoms with van der Waals surface area (Å²) < 4.78 is 5.51. The van der Waals surface area contributed by atoms with Gasteiger partial charge in [-0.15, -0.1) is 11.3 Å². The fourth-order valence-electron chi connectivity index (χ4n) is 3.42. The molecule has 0 saturated carbocycles. The maximum absolute atomic E-state index is 12.7. The minimum absolute atomic E-state index is 0.211. The zero-order valence-electron chi connectivity index (χ0n) is 13.4. The molecule has 2 aromatic rings. The van der Waals surface area contributed by atoms with E-state index in [9.17, 15) is 4.79 Å². The first-order chi connectivity index (χ1) is 11.2. The quantitative estimate of drug-likeness (QED) is 0.833. The third-order valence-electron chi connectivity index (χ3n) is 4.77. The van der Waals surface area contributed by atoms with Crippen molar-refractivity contribution in [2.45, 2.75) is 32.8 Å². The molecule has 1 saturated heterocycles. The second kappa shape index (κ2) is 6.10. The van der Waals surface area contributed by atoms with Crippen molar-refractivity contribution in [3.8, 4) is 10.4 Å². The van der Waals surface area contributed by atoms with Gasteiger partial charge in [-0.1, -0.05) is 12.1 Å². The number of hydrogen-bond acceptors (Lipinski definition) is 3. The number of thiophene rings is 1. The molecule has 0 unspecified atom stereocenters. The molecule has 2 aliphatic heterocycles. The molecule has 2 aliphatic rings. The Labute approximate surface area is 140 Å². The van der Waals surface area contributed by atoms with Gasteiger partial charge in [0.1, 0.15) is 0 Å². The molecule has 0 aliphatic carbocycles. The van der Waals surface area contributed by atoms with E-state index in [1.165, 1.54) is 21.6 Å². The minimum atomic E-state index is 0.211. The number of nitrogens with zero attached hydrogens (tertiary/aromatic N) is 1. The highest BCUT2D eigenvalue weighted by atomic mass is 32.1. The van der Waals surface area contributed by atoms with Gasteiger partial charge >= 0.3 is 0 Å². The van der Waals surface area contributed by atoms with E-state index in [1.807, 2.05) is 4.90 Å². The summed E-state index contributed by atoms with van der Waals surface area (Å²) in [5.41, 5.74) is 5.00. The number of carbonyl (C=O) groups is 1. The zero-order chi connectivity index (χ0) is 15.8. The van der Waals surface area contributed by atoms with Crippen LogP contribution in [0, 0.1) is 6.92 Å². The van der Waals surface area contributed by atoms with Crippen LogP contribution in [0.25, 0.3) is 10.4 Å². The van der Waals surface area contributed by atoms with Crippen LogP contribution in [-0.2, 0) is 17.8 Å². The lowest BCUT2D eigenvalue weighted by atomic mass is 9.99. The summed E-state index contributed by atoms with van der Waals surface area (Å²) in [6, 6.07) is 8.76. The van der Waals surface area contributed by atoms with Gasteiger partial charge in [0, 0.05) is 18.0 Å². The molecular weight excluding hydrogens is 306 g/mol. The Morgan fingerprint density at radius 1 is 1.17 bits per heavy atom. The van der Waals surface area contributed by atoms with Crippen molar-refractivity contribution in [3.05, 3.63) is 45.8 Å². The fraction of sp³-hybridized carbons (Fsp3) is 0.421. The first-order valence-electron chi connectivity index (χ1n) is 8.32. The number of fused-ring (bicyclic) bond motifs is 1. The van der Waals surface area contributed by atoms with Crippen LogP contribution < -0.4 is 0 Å². The van der Waals surface area contributed by atoms with E-state index in [-0.39, 0.29) is 5.91 Å². The smallest absolute Gasteiger partial charge is 0.264 e. The number of hydrogen-bond donors (Lipinski definition) is 0. The molecule has 1 aromatic carbocycles. The molecule has 0 radical (unpaired) electrons. The van der Waals surface area contributed by atoms with Crippen LogP contribution >= 0.6 is 11.3 Å². The first kappa shape index (κ1) is 14.9. The van der Waals surface area contributed by atoms with Gasteiger partial charge in [-0.2, -0.15) is 0 Å². The molecule has 3 nitrogen and oxygen atoms in total. The van der Waals surface area contributed by atoms with E-state index >= 15 is 0 Å². The van der Waals surface area contributed by atoms with Gasteiger partial charge in [0.15, 0.2) is 0 Å². The van der Waals surface area contributed by atoms with Gasteiger partial charge < -0.3 is 9.64 Å². The SMILES string of the molecule is Cc1cc(-c2ccc3c(c2)CCOC3)sc1C(=O)N1CCCC1. The van der Waals surface area contributed by atoms with Crippen LogP contribution in [0.3, 0.4) is 0 Å². The van der Waals surface area contributed by atoms with Crippen molar-refractivity contribution in [1.82, 2.24) is 4.90 Å². The molecule has 23 heavy (non-hydrogen) atoms. The molecule has 0 bridgehead atoms. The van der Waals surface area contributed by atoms with Crippen LogP contribution in [0.4, 0.5) is 0 Å². The Balaban J connectivity index is 1.65. The Morgan fingerprint density at radius 2 is 2.00 bits per heavy atom. The van der Waals surface area contributed by atoms with E-state index in [2.05, 4.69) is 31.2 Å². The van der Waals surface area contributed by atoms with Crippen molar-refractivity contribution >= 4 is 17.2 Å². The lowest BCUT2D eigenvalue weighted by molar-refractivity contribution is 0.0797. The Bertz CT molecular complexity index is 744. The molecule has 120 valence electrons. The highest BCUT2D eigenvalue weighted by molar-refractivity contribution is 7.17. The monoisotopic (exact) mass is 327 g/mol. The largest absolute Gasteiger partial charge is 0.376 e. The summed E-state index contributed by atoms with van der Waals surface area (Å²) in [6.45, 7) is 5.39. The average molecular weight is 327 g/mol. The molecule has 0 N–H and O–H groups in total. The van der Waals surface area contributed by atoms with Gasteiger partial charge in [-0.05, 0) is 60.6 Å². The van der Waals surface area contributed by atoms with E-state index in [0.29, 0.717) is 0 Å². The molecule has 4 rings (SSSR count). The molecule has 0 atom stereocenters. The highest BCUT2D eigenvalue weighted by Crippen LogP contribution is 2.34. The van der Waals surface area contributed by atoms with Gasteiger partial charge in [-0.3, -0.25) is 4.79 Å². The summed E-state index contributed by atoms with van der Waals surface area (Å²) in [4.78, 5) is 16.8. The minimum Gasteiger partial charge on any atom is -0.376 e. The predicted molar refractivity (Wildman–Crippen MR) is 93.0 cm³/mol. The van der Waals surface area contributed by atoms with E-state index in [1.54, 1.807) is 11.3 Å². The maximum Gasteiger partial charge on any atom is 0.264 e. The van der Waals surface area contributed by atoms with Crippen LogP contribution in [0.1, 0.15) is 39.2 Å². The lowest BCUT2D eigenvalue weighted by Gasteiger charge is -2.17. The maximum atomic E-state index is 12.7. The summed E-state index contributed by atoms with van der Waals surface area (Å²) >= 11 is 1.64. The van der Waals surface area contributed by atoms with Gasteiger partial charge in [0.25, 0.3) is 5.91 Å². The Morgan fingerprint density at radius 3 is 2.83 bits per heavy atom. The second-order valence-electron chi connectivity index (χ2n) is 6.41. The van der Waals surface area contributed by atoms with Crippen molar-refractivity contribution in [2.75, 3.05) is 19.7 Å². The van der Waals surface area contributed by atoms with E-state index < -0.39 is 0 Å². The average Bonchev–Trinajstić information content (AvgIpc) is 3.23. The van der Waals surface area contributed by atoms with Crippen molar-refractivity contribution in [2.24, 2.45) is 0 Å². The number of benzene rings is 1. The first-order valence-corrected chi connectivity index (χ1v) is 9.13. The lowest BCUT2D eigenvalue weighted by Crippen LogP contribution is -2.27. The summed E-state index contributed by atoms with van der Waals surface area (Å²) in [7, 11) is 0. The topological polar surface area (TPSA) is 29.5 Å². The normalized spacial score (nSPS) is 17.3. The number of carbonyl (C=O) groups excluding carboxylic acids is 1. The third-order valence-corrected chi connectivity index (χ3v) is 6.04. The highest BCUT2D eigenvalue weighted by Gasteiger charge is 2.23. The predicted octanol–water partition coefficient (Wildman–Crippen LogP) is 4.03. The Hall–Kier alpha value is -1.65. The molecule has 1 aromatic heterocycles. The van der Waals surface area contributed by atoms with Crippen LogP contribution in [0.5, 0.6) is 0 Å². The van der Waals surface area contributed by atoms with Crippen molar-refractivity contribution in [3.63, 3.8) is 0 Å². The molecule has 1 fully saturated rings. The van der Waals surface area contributed by atoms with Gasteiger partial charge in [-0.25, -0.2) is 0 Å². The fourth-order valence-corrected chi connectivity index (χ4v) is 4.55. The number of likely N-dealkylation sites (tertiary alicyclic amines) is 1. The second-order valence-corrected chi connectivity index (χ2v) is 7.46. The molecule has 4 heteroatoms. The Kier molecular flexibility index (Phi) is 3.95. The zero-order valence-corrected chi connectivity index (χ0v) is 14.2. The number of amides is 1. The molecule has 0 spiro atoms. The number of rotatable bonds is 2. The van der Waals surface area contributed by atoms with E-state index in [4.69, 9.17) is 4.74 Å². The van der Waals surface area contributed by atoms with E-state index in [0.717, 1.165) is 56.0 Å². The standard InChI is InChI=1S/C19H21NO2S/c1-13-10-17(23-18(13)19(21)20-7-2-3-8-20)15-4-5-16-12-22-9-6-14(16)11-15/h4-5,10-11H,2-3,6-9,12H2,1H3. The van der Waals surface area contributed by atoms with Crippen LogP contribution in [-0.4, -0.2) is 30.5 Å². The summed E-state index contributed by atoms with van der Waals surface area (Å²) in [6.07, 6.45) is 3.25. The van der Waals surface area contributed by atoms with Crippen LogP contribution in [0.15, 0.2) is 24.3 Å².